The number of nitrogens with zero attached hydrogens (tertiary/aromatic N) is 2. The Morgan fingerprint density at radius 3 is 2.67 bits per heavy atom. The SMILES string of the molecule is Clc1ccc(Cc2nc(Br)c3ccccn23)cc1. The van der Waals surface area contributed by atoms with Gasteiger partial charge in [0.05, 0.1) is 5.52 Å². The van der Waals surface area contributed by atoms with Crippen molar-refractivity contribution < 1.29 is 0 Å². The molecule has 1 aromatic carbocycles. The topological polar surface area (TPSA) is 17.3 Å². The Bertz CT molecular complexity index is 689. The lowest BCUT2D eigenvalue weighted by Gasteiger charge is -2.01. The molecule has 3 rings (SSSR count). The van der Waals surface area contributed by atoms with Crippen molar-refractivity contribution >= 4 is 33.0 Å². The molecule has 0 bridgehead atoms. The number of aromatic nitrogens is 2. The van der Waals surface area contributed by atoms with E-state index in [-0.39, 0.29) is 0 Å². The number of pyridine rings is 1. The zero-order valence-corrected chi connectivity index (χ0v) is 11.8. The minimum Gasteiger partial charge on any atom is -0.302 e. The summed E-state index contributed by atoms with van der Waals surface area (Å²) in [6.45, 7) is 0. The van der Waals surface area contributed by atoms with Crippen LogP contribution in [0, 0.1) is 0 Å². The second-order valence-corrected chi connectivity index (χ2v) is 5.27. The Morgan fingerprint density at radius 2 is 1.89 bits per heavy atom. The van der Waals surface area contributed by atoms with Crippen molar-refractivity contribution in [2.45, 2.75) is 6.42 Å². The maximum absolute atomic E-state index is 5.89. The van der Waals surface area contributed by atoms with Gasteiger partial charge in [-0.3, -0.25) is 0 Å². The van der Waals surface area contributed by atoms with Crippen molar-refractivity contribution in [3.8, 4) is 0 Å². The molecule has 0 unspecified atom stereocenters. The minimum atomic E-state index is 0.757. The maximum atomic E-state index is 5.89. The van der Waals surface area contributed by atoms with Crippen molar-refractivity contribution in [3.05, 3.63) is 69.7 Å². The molecule has 0 aliphatic heterocycles. The molecule has 0 saturated carbocycles. The summed E-state index contributed by atoms with van der Waals surface area (Å²) >= 11 is 9.38. The average molecular weight is 322 g/mol. The Labute approximate surface area is 118 Å². The molecule has 2 heterocycles. The standard InChI is InChI=1S/C14H10BrClN2/c15-14-12-3-1-2-8-18(12)13(17-14)9-10-4-6-11(16)7-5-10/h1-8H,9H2. The maximum Gasteiger partial charge on any atom is 0.132 e. The Balaban J connectivity index is 2.02. The molecular weight excluding hydrogens is 312 g/mol. The third-order valence-electron chi connectivity index (χ3n) is 2.85. The number of halogens is 2. The molecule has 0 amide bonds. The van der Waals surface area contributed by atoms with E-state index in [1.54, 1.807) is 0 Å². The Morgan fingerprint density at radius 1 is 1.11 bits per heavy atom. The fourth-order valence-corrected chi connectivity index (χ4v) is 2.62. The van der Waals surface area contributed by atoms with E-state index in [4.69, 9.17) is 11.6 Å². The van der Waals surface area contributed by atoms with Gasteiger partial charge in [-0.25, -0.2) is 4.98 Å². The van der Waals surface area contributed by atoms with Crippen molar-refractivity contribution in [3.63, 3.8) is 0 Å². The average Bonchev–Trinajstić information content (AvgIpc) is 2.70. The molecular formula is C14H10BrClN2. The van der Waals surface area contributed by atoms with E-state index in [0.29, 0.717) is 0 Å². The third-order valence-corrected chi connectivity index (χ3v) is 3.69. The zero-order valence-electron chi connectivity index (χ0n) is 9.48. The van der Waals surface area contributed by atoms with Crippen LogP contribution in [0.1, 0.15) is 11.4 Å². The summed E-state index contributed by atoms with van der Waals surface area (Å²) in [4.78, 5) is 4.55. The monoisotopic (exact) mass is 320 g/mol. The highest BCUT2D eigenvalue weighted by atomic mass is 79.9. The van der Waals surface area contributed by atoms with Gasteiger partial charge in [0.15, 0.2) is 0 Å². The lowest BCUT2D eigenvalue weighted by atomic mass is 10.1. The predicted molar refractivity (Wildman–Crippen MR) is 77.2 cm³/mol. The summed E-state index contributed by atoms with van der Waals surface area (Å²) in [6.07, 6.45) is 2.81. The molecule has 0 N–H and O–H groups in total. The van der Waals surface area contributed by atoms with Crippen LogP contribution in [0.2, 0.25) is 5.02 Å². The summed E-state index contributed by atoms with van der Waals surface area (Å²) in [6, 6.07) is 13.9. The molecule has 3 aromatic rings. The van der Waals surface area contributed by atoms with E-state index in [0.717, 1.165) is 27.4 Å². The Hall–Kier alpha value is -1.32. The van der Waals surface area contributed by atoms with E-state index < -0.39 is 0 Å². The van der Waals surface area contributed by atoms with Crippen LogP contribution in [0.3, 0.4) is 0 Å². The van der Waals surface area contributed by atoms with Gasteiger partial charge in [-0.15, -0.1) is 0 Å². The number of rotatable bonds is 2. The number of hydrogen-bond acceptors (Lipinski definition) is 1. The summed E-state index contributed by atoms with van der Waals surface area (Å²) in [5, 5.41) is 0.757. The molecule has 90 valence electrons. The fourth-order valence-electron chi connectivity index (χ4n) is 1.97. The van der Waals surface area contributed by atoms with Crippen LogP contribution in [-0.2, 0) is 6.42 Å². The molecule has 18 heavy (non-hydrogen) atoms. The van der Waals surface area contributed by atoms with Gasteiger partial charge in [0, 0.05) is 17.6 Å². The van der Waals surface area contributed by atoms with E-state index >= 15 is 0 Å². The first-order valence-electron chi connectivity index (χ1n) is 5.60. The van der Waals surface area contributed by atoms with Crippen molar-refractivity contribution in [1.82, 2.24) is 9.38 Å². The predicted octanol–water partition coefficient (Wildman–Crippen LogP) is 4.34. The number of hydrogen-bond donors (Lipinski definition) is 0. The molecule has 0 aliphatic rings. The summed E-state index contributed by atoms with van der Waals surface area (Å²) in [5.41, 5.74) is 2.28. The molecule has 0 spiro atoms. The van der Waals surface area contributed by atoms with Gasteiger partial charge in [-0.1, -0.05) is 29.8 Å². The molecule has 0 fully saturated rings. The molecule has 2 aromatic heterocycles. The second kappa shape index (κ2) is 4.75. The van der Waals surface area contributed by atoms with Gasteiger partial charge in [-0.05, 0) is 45.8 Å². The number of fused-ring (bicyclic) bond motifs is 1. The normalized spacial score (nSPS) is 11.0. The summed E-state index contributed by atoms with van der Waals surface area (Å²) in [7, 11) is 0. The van der Waals surface area contributed by atoms with Crippen LogP contribution < -0.4 is 0 Å². The lowest BCUT2D eigenvalue weighted by molar-refractivity contribution is 0.959. The van der Waals surface area contributed by atoms with E-state index in [9.17, 15) is 0 Å². The largest absolute Gasteiger partial charge is 0.302 e. The van der Waals surface area contributed by atoms with Crippen LogP contribution >= 0.6 is 27.5 Å². The summed E-state index contributed by atoms with van der Waals surface area (Å²) < 4.78 is 2.98. The summed E-state index contributed by atoms with van der Waals surface area (Å²) in [5.74, 6) is 1.01. The highest BCUT2D eigenvalue weighted by Crippen LogP contribution is 2.21. The van der Waals surface area contributed by atoms with Crippen LogP contribution in [0.5, 0.6) is 0 Å². The number of imidazole rings is 1. The van der Waals surface area contributed by atoms with Gasteiger partial charge in [-0.2, -0.15) is 0 Å². The van der Waals surface area contributed by atoms with Crippen LogP contribution in [0.4, 0.5) is 0 Å². The molecule has 0 radical (unpaired) electrons. The molecule has 0 atom stereocenters. The van der Waals surface area contributed by atoms with E-state index in [2.05, 4.69) is 25.3 Å². The first-order chi connectivity index (χ1) is 8.74. The van der Waals surface area contributed by atoms with Gasteiger partial charge >= 0.3 is 0 Å². The first-order valence-corrected chi connectivity index (χ1v) is 6.77. The third kappa shape index (κ3) is 2.16. The molecule has 0 saturated heterocycles. The van der Waals surface area contributed by atoms with Crippen molar-refractivity contribution in [1.29, 1.82) is 0 Å². The Kier molecular flexibility index (Phi) is 3.10. The van der Waals surface area contributed by atoms with Gasteiger partial charge < -0.3 is 4.40 Å². The number of benzene rings is 1. The smallest absolute Gasteiger partial charge is 0.132 e. The highest BCUT2D eigenvalue weighted by Gasteiger charge is 2.08. The second-order valence-electron chi connectivity index (χ2n) is 4.08. The molecule has 4 heteroatoms. The van der Waals surface area contributed by atoms with Gasteiger partial charge in [0.2, 0.25) is 0 Å². The van der Waals surface area contributed by atoms with Crippen LogP contribution in [0.15, 0.2) is 53.3 Å². The molecule has 0 aliphatic carbocycles. The minimum absolute atomic E-state index is 0.757. The van der Waals surface area contributed by atoms with Crippen molar-refractivity contribution in [2.24, 2.45) is 0 Å². The van der Waals surface area contributed by atoms with E-state index in [1.807, 2.05) is 48.7 Å². The quantitative estimate of drug-likeness (QED) is 0.686. The first kappa shape index (κ1) is 11.8. The zero-order chi connectivity index (χ0) is 12.5. The van der Waals surface area contributed by atoms with Gasteiger partial charge in [0.1, 0.15) is 10.4 Å². The van der Waals surface area contributed by atoms with Gasteiger partial charge in [0.25, 0.3) is 0 Å². The lowest BCUT2D eigenvalue weighted by Crippen LogP contribution is -1.95. The van der Waals surface area contributed by atoms with Crippen molar-refractivity contribution in [2.75, 3.05) is 0 Å². The van der Waals surface area contributed by atoms with Crippen LogP contribution in [0.25, 0.3) is 5.52 Å². The molecule has 2 nitrogen and oxygen atoms in total. The van der Waals surface area contributed by atoms with E-state index in [1.165, 1.54) is 5.56 Å². The fraction of sp³-hybridized carbons (Fsp3) is 0.0714. The highest BCUT2D eigenvalue weighted by molar-refractivity contribution is 9.10. The van der Waals surface area contributed by atoms with Crippen LogP contribution in [-0.4, -0.2) is 9.38 Å².